The third kappa shape index (κ3) is 2.90. The Hall–Kier alpha value is -1.28. The second-order valence-electron chi connectivity index (χ2n) is 4.21. The van der Waals surface area contributed by atoms with E-state index in [4.69, 9.17) is 0 Å². The summed E-state index contributed by atoms with van der Waals surface area (Å²) in [5.74, 6) is 0. The van der Waals surface area contributed by atoms with Crippen LogP contribution in [0, 0.1) is 0 Å². The zero-order valence-corrected chi connectivity index (χ0v) is 12.9. The Kier molecular flexibility index (Phi) is 3.84. The molecular formula is C13H12N2O2S3. The lowest BCUT2D eigenvalue weighted by Gasteiger charge is -2.03. The van der Waals surface area contributed by atoms with Crippen LogP contribution >= 0.6 is 22.7 Å². The van der Waals surface area contributed by atoms with Crippen LogP contribution in [-0.2, 0) is 16.4 Å². The van der Waals surface area contributed by atoms with Gasteiger partial charge in [0.1, 0.15) is 4.21 Å². The molecule has 0 aliphatic rings. The predicted octanol–water partition coefficient (Wildman–Crippen LogP) is 2.88. The number of pyridine rings is 1. The normalized spacial score (nSPS) is 12.0. The lowest BCUT2D eigenvalue weighted by Crippen LogP contribution is -2.25. The van der Waals surface area contributed by atoms with Crippen molar-refractivity contribution in [2.75, 3.05) is 6.54 Å². The Morgan fingerprint density at radius 3 is 2.95 bits per heavy atom. The summed E-state index contributed by atoms with van der Waals surface area (Å²) in [7, 11) is -3.43. The number of fused-ring (bicyclic) bond motifs is 1. The zero-order chi connectivity index (χ0) is 14.0. The molecule has 0 spiro atoms. The average Bonchev–Trinajstić information content (AvgIpc) is 3.07. The van der Waals surface area contributed by atoms with E-state index >= 15 is 0 Å². The van der Waals surface area contributed by atoms with Crippen LogP contribution in [0.15, 0.2) is 46.2 Å². The van der Waals surface area contributed by atoms with Gasteiger partial charge in [-0.15, -0.1) is 22.7 Å². The Labute approximate surface area is 125 Å². The maximum atomic E-state index is 12.2. The summed E-state index contributed by atoms with van der Waals surface area (Å²) in [6, 6.07) is 7.46. The van der Waals surface area contributed by atoms with Gasteiger partial charge in [0.15, 0.2) is 0 Å². The number of nitrogens with zero attached hydrogens (tertiary/aromatic N) is 1. The number of rotatable bonds is 5. The van der Waals surface area contributed by atoms with E-state index in [2.05, 4.69) is 9.71 Å². The third-order valence-corrected chi connectivity index (χ3v) is 6.79. The van der Waals surface area contributed by atoms with E-state index in [-0.39, 0.29) is 0 Å². The SMILES string of the molecule is O=S(=O)(NCCc1cccs1)c1cc2cnccc2s1. The van der Waals surface area contributed by atoms with Crippen molar-refractivity contribution < 1.29 is 8.42 Å². The molecule has 3 aromatic rings. The van der Waals surface area contributed by atoms with Gasteiger partial charge in [-0.25, -0.2) is 13.1 Å². The molecule has 20 heavy (non-hydrogen) atoms. The number of thiophene rings is 2. The van der Waals surface area contributed by atoms with E-state index < -0.39 is 10.0 Å². The Morgan fingerprint density at radius 2 is 2.20 bits per heavy atom. The first kappa shape index (κ1) is 13.7. The van der Waals surface area contributed by atoms with Crippen molar-refractivity contribution >= 4 is 42.8 Å². The lowest BCUT2D eigenvalue weighted by molar-refractivity contribution is 0.584. The summed E-state index contributed by atoms with van der Waals surface area (Å²) in [6.07, 6.45) is 4.05. The molecule has 0 saturated heterocycles. The van der Waals surface area contributed by atoms with E-state index in [9.17, 15) is 8.42 Å². The molecule has 7 heteroatoms. The standard InChI is InChI=1S/C13H12N2O2S3/c16-20(17,15-6-3-11-2-1-7-18-11)13-8-10-9-14-5-4-12(10)19-13/h1-2,4-5,7-9,15H,3,6H2. The highest BCUT2D eigenvalue weighted by atomic mass is 32.2. The molecule has 104 valence electrons. The maximum Gasteiger partial charge on any atom is 0.250 e. The van der Waals surface area contributed by atoms with Crippen LogP contribution in [0.5, 0.6) is 0 Å². The highest BCUT2D eigenvalue weighted by Crippen LogP contribution is 2.27. The summed E-state index contributed by atoms with van der Waals surface area (Å²) in [6.45, 7) is 0.412. The average molecular weight is 324 g/mol. The molecule has 3 rings (SSSR count). The first-order chi connectivity index (χ1) is 9.65. The van der Waals surface area contributed by atoms with Crippen LogP contribution in [0.4, 0.5) is 0 Å². The number of hydrogen-bond donors (Lipinski definition) is 1. The summed E-state index contributed by atoms with van der Waals surface area (Å²) < 4.78 is 28.3. The zero-order valence-electron chi connectivity index (χ0n) is 10.4. The van der Waals surface area contributed by atoms with Gasteiger partial charge in [0.25, 0.3) is 0 Å². The highest BCUT2D eigenvalue weighted by Gasteiger charge is 2.16. The third-order valence-electron chi connectivity index (χ3n) is 2.80. The van der Waals surface area contributed by atoms with Crippen LogP contribution in [0.25, 0.3) is 10.1 Å². The second kappa shape index (κ2) is 5.61. The van der Waals surface area contributed by atoms with Gasteiger partial charge in [-0.05, 0) is 30.0 Å². The van der Waals surface area contributed by atoms with Gasteiger partial charge in [0.05, 0.1) is 0 Å². The van der Waals surface area contributed by atoms with Crippen LogP contribution in [0.3, 0.4) is 0 Å². The van der Waals surface area contributed by atoms with Crippen molar-refractivity contribution in [3.05, 3.63) is 46.9 Å². The molecule has 0 amide bonds. The molecule has 0 bridgehead atoms. The fourth-order valence-corrected chi connectivity index (χ4v) is 4.98. The summed E-state index contributed by atoms with van der Waals surface area (Å²) >= 11 is 2.90. The molecule has 0 saturated carbocycles. The molecule has 0 unspecified atom stereocenters. The number of nitrogens with one attached hydrogen (secondary N) is 1. The van der Waals surface area contributed by atoms with Crippen LogP contribution in [0.1, 0.15) is 4.88 Å². The Balaban J connectivity index is 1.74. The fraction of sp³-hybridized carbons (Fsp3) is 0.154. The molecule has 0 aliphatic heterocycles. The molecule has 0 aliphatic carbocycles. The van der Waals surface area contributed by atoms with E-state index in [0.717, 1.165) is 10.1 Å². The van der Waals surface area contributed by atoms with Crippen molar-refractivity contribution in [1.82, 2.24) is 9.71 Å². The van der Waals surface area contributed by atoms with Gasteiger partial charge in [0, 0.05) is 33.9 Å². The molecule has 0 fully saturated rings. The molecule has 3 aromatic heterocycles. The minimum Gasteiger partial charge on any atom is -0.264 e. The largest absolute Gasteiger partial charge is 0.264 e. The molecule has 0 aromatic carbocycles. The van der Waals surface area contributed by atoms with Gasteiger partial charge >= 0.3 is 0 Å². The van der Waals surface area contributed by atoms with Gasteiger partial charge in [0.2, 0.25) is 10.0 Å². The molecule has 4 nitrogen and oxygen atoms in total. The minimum absolute atomic E-state index is 0.340. The molecule has 0 atom stereocenters. The first-order valence-corrected chi connectivity index (χ1v) is 9.19. The summed E-state index contributed by atoms with van der Waals surface area (Å²) in [4.78, 5) is 5.17. The smallest absolute Gasteiger partial charge is 0.250 e. The van der Waals surface area contributed by atoms with Crippen molar-refractivity contribution in [2.24, 2.45) is 0 Å². The maximum absolute atomic E-state index is 12.2. The second-order valence-corrected chi connectivity index (χ2v) is 8.32. The summed E-state index contributed by atoms with van der Waals surface area (Å²) in [5.41, 5.74) is 0. The molecule has 0 radical (unpaired) electrons. The van der Waals surface area contributed by atoms with Gasteiger partial charge in [-0.3, -0.25) is 4.98 Å². The topological polar surface area (TPSA) is 59.1 Å². The highest BCUT2D eigenvalue weighted by molar-refractivity contribution is 7.91. The van der Waals surface area contributed by atoms with Crippen molar-refractivity contribution in [3.8, 4) is 0 Å². The van der Waals surface area contributed by atoms with Crippen LogP contribution in [0.2, 0.25) is 0 Å². The van der Waals surface area contributed by atoms with Crippen molar-refractivity contribution in [3.63, 3.8) is 0 Å². The number of hydrogen-bond acceptors (Lipinski definition) is 5. The predicted molar refractivity (Wildman–Crippen MR) is 82.8 cm³/mol. The van der Waals surface area contributed by atoms with Gasteiger partial charge < -0.3 is 0 Å². The van der Waals surface area contributed by atoms with Crippen LogP contribution < -0.4 is 4.72 Å². The van der Waals surface area contributed by atoms with E-state index in [1.165, 1.54) is 16.2 Å². The van der Waals surface area contributed by atoms with E-state index in [1.807, 2.05) is 23.6 Å². The van der Waals surface area contributed by atoms with Crippen molar-refractivity contribution in [1.29, 1.82) is 0 Å². The summed E-state index contributed by atoms with van der Waals surface area (Å²) in [5, 5.41) is 2.85. The molecule has 3 heterocycles. The quantitative estimate of drug-likeness (QED) is 0.785. The Bertz CT molecular complexity index is 774. The van der Waals surface area contributed by atoms with E-state index in [1.54, 1.807) is 29.8 Å². The number of sulfonamides is 1. The first-order valence-electron chi connectivity index (χ1n) is 6.01. The fourth-order valence-electron chi connectivity index (χ4n) is 1.83. The van der Waals surface area contributed by atoms with E-state index in [0.29, 0.717) is 17.2 Å². The number of aromatic nitrogens is 1. The lowest BCUT2D eigenvalue weighted by atomic mass is 10.3. The molecular weight excluding hydrogens is 312 g/mol. The monoisotopic (exact) mass is 324 g/mol. The van der Waals surface area contributed by atoms with Gasteiger partial charge in [-0.1, -0.05) is 6.07 Å². The minimum atomic E-state index is -3.43. The Morgan fingerprint density at radius 1 is 1.30 bits per heavy atom. The van der Waals surface area contributed by atoms with Crippen LogP contribution in [-0.4, -0.2) is 19.9 Å². The van der Waals surface area contributed by atoms with Crippen molar-refractivity contribution in [2.45, 2.75) is 10.6 Å². The molecule has 1 N–H and O–H groups in total. The van der Waals surface area contributed by atoms with Gasteiger partial charge in [-0.2, -0.15) is 0 Å².